The molecule has 0 aliphatic heterocycles. The fourth-order valence-corrected chi connectivity index (χ4v) is 1.88. The number of benzene rings is 2. The van der Waals surface area contributed by atoms with Gasteiger partial charge in [0, 0.05) is 24.2 Å². The van der Waals surface area contributed by atoms with E-state index in [2.05, 4.69) is 0 Å². The van der Waals surface area contributed by atoms with Crippen LogP contribution in [-0.2, 0) is 5.88 Å². The Kier molecular flexibility index (Phi) is 4.00. The van der Waals surface area contributed by atoms with Crippen molar-refractivity contribution >= 4 is 23.2 Å². The van der Waals surface area contributed by atoms with Gasteiger partial charge in [0.2, 0.25) is 0 Å². The highest BCUT2D eigenvalue weighted by Gasteiger charge is 2.12. The molecule has 0 aromatic heterocycles. The van der Waals surface area contributed by atoms with E-state index in [4.69, 9.17) is 11.6 Å². The summed E-state index contributed by atoms with van der Waals surface area (Å²) in [5, 5.41) is 0. The van der Waals surface area contributed by atoms with Crippen LogP contribution in [0.15, 0.2) is 54.6 Å². The highest BCUT2D eigenvalue weighted by molar-refractivity contribution is 6.17. The van der Waals surface area contributed by atoms with E-state index >= 15 is 0 Å². The Morgan fingerprint density at radius 2 is 1.67 bits per heavy atom. The Morgan fingerprint density at radius 3 is 2.22 bits per heavy atom. The van der Waals surface area contributed by atoms with Gasteiger partial charge in [-0.3, -0.25) is 4.79 Å². The summed E-state index contributed by atoms with van der Waals surface area (Å²) in [4.78, 5) is 13.8. The Hall–Kier alpha value is -1.80. The maximum absolute atomic E-state index is 12.2. The first-order valence-corrected chi connectivity index (χ1v) is 6.24. The molecule has 0 saturated carbocycles. The highest BCUT2D eigenvalue weighted by atomic mass is 35.5. The molecule has 2 rings (SSSR count). The molecule has 0 N–H and O–H groups in total. The van der Waals surface area contributed by atoms with Gasteiger partial charge in [0.05, 0.1) is 0 Å². The van der Waals surface area contributed by atoms with Gasteiger partial charge in [-0.2, -0.15) is 0 Å². The lowest BCUT2D eigenvalue weighted by Crippen LogP contribution is -2.26. The molecule has 0 aliphatic carbocycles. The number of anilines is 1. The van der Waals surface area contributed by atoms with Gasteiger partial charge in [-0.05, 0) is 29.8 Å². The van der Waals surface area contributed by atoms with Crippen molar-refractivity contribution in [2.45, 2.75) is 5.88 Å². The summed E-state index contributed by atoms with van der Waals surface area (Å²) >= 11 is 5.74. The van der Waals surface area contributed by atoms with Gasteiger partial charge < -0.3 is 4.90 Å². The molecular formula is C15H14ClNO. The second-order valence-corrected chi connectivity index (χ2v) is 4.30. The van der Waals surface area contributed by atoms with Crippen LogP contribution < -0.4 is 4.90 Å². The van der Waals surface area contributed by atoms with Gasteiger partial charge in [0.1, 0.15) is 0 Å². The fraction of sp³-hybridized carbons (Fsp3) is 0.133. The number of amides is 1. The zero-order chi connectivity index (χ0) is 13.0. The number of carbonyl (C=O) groups excluding carboxylic acids is 1. The van der Waals surface area contributed by atoms with E-state index in [0.29, 0.717) is 11.4 Å². The van der Waals surface area contributed by atoms with Crippen molar-refractivity contribution in [3.63, 3.8) is 0 Å². The van der Waals surface area contributed by atoms with Crippen LogP contribution in [0.2, 0.25) is 0 Å². The quantitative estimate of drug-likeness (QED) is 0.770. The van der Waals surface area contributed by atoms with Crippen LogP contribution in [0.1, 0.15) is 15.9 Å². The summed E-state index contributed by atoms with van der Waals surface area (Å²) < 4.78 is 0. The summed E-state index contributed by atoms with van der Waals surface area (Å²) in [5.41, 5.74) is 2.58. The Morgan fingerprint density at radius 1 is 1.06 bits per heavy atom. The summed E-state index contributed by atoms with van der Waals surface area (Å²) in [6, 6.07) is 16.9. The molecule has 0 bridgehead atoms. The molecule has 0 fully saturated rings. The zero-order valence-corrected chi connectivity index (χ0v) is 10.9. The van der Waals surface area contributed by atoms with Gasteiger partial charge >= 0.3 is 0 Å². The molecule has 0 spiro atoms. The maximum atomic E-state index is 12.2. The molecule has 0 radical (unpaired) electrons. The third-order valence-corrected chi connectivity index (χ3v) is 3.11. The van der Waals surface area contributed by atoms with E-state index in [1.165, 1.54) is 0 Å². The molecule has 2 aromatic carbocycles. The minimum absolute atomic E-state index is 0.0192. The second-order valence-electron chi connectivity index (χ2n) is 4.03. The topological polar surface area (TPSA) is 20.3 Å². The van der Waals surface area contributed by atoms with Crippen LogP contribution in [0.4, 0.5) is 5.69 Å². The molecular weight excluding hydrogens is 246 g/mol. The van der Waals surface area contributed by atoms with Crippen LogP contribution in [0, 0.1) is 0 Å². The average Bonchev–Trinajstić information content (AvgIpc) is 2.47. The standard InChI is InChI=1S/C15H14ClNO/c1-17(14-9-7-12(11-16)8-10-14)15(18)13-5-3-2-4-6-13/h2-10H,11H2,1H3. The molecule has 3 heteroatoms. The molecule has 1 amide bonds. The zero-order valence-electron chi connectivity index (χ0n) is 10.1. The lowest BCUT2D eigenvalue weighted by molar-refractivity contribution is 0.0993. The average molecular weight is 260 g/mol. The van der Waals surface area contributed by atoms with Crippen LogP contribution in [0.5, 0.6) is 0 Å². The minimum Gasteiger partial charge on any atom is -0.311 e. The predicted octanol–water partition coefficient (Wildman–Crippen LogP) is 3.70. The molecule has 92 valence electrons. The van der Waals surface area contributed by atoms with Crippen molar-refractivity contribution in [1.29, 1.82) is 0 Å². The van der Waals surface area contributed by atoms with Gasteiger partial charge in [0.15, 0.2) is 0 Å². The van der Waals surface area contributed by atoms with Crippen LogP contribution >= 0.6 is 11.6 Å². The number of carbonyl (C=O) groups is 1. The third-order valence-electron chi connectivity index (χ3n) is 2.80. The number of hydrogen-bond acceptors (Lipinski definition) is 1. The Balaban J connectivity index is 2.20. The second kappa shape index (κ2) is 5.69. The molecule has 0 atom stereocenters. The fourth-order valence-electron chi connectivity index (χ4n) is 1.70. The van der Waals surface area contributed by atoms with Crippen LogP contribution in [0.25, 0.3) is 0 Å². The summed E-state index contributed by atoms with van der Waals surface area (Å²) in [7, 11) is 1.77. The molecule has 2 nitrogen and oxygen atoms in total. The number of rotatable bonds is 3. The lowest BCUT2D eigenvalue weighted by atomic mass is 10.1. The van der Waals surface area contributed by atoms with Gasteiger partial charge in [0.25, 0.3) is 5.91 Å². The van der Waals surface area contributed by atoms with Crippen molar-refractivity contribution in [2.24, 2.45) is 0 Å². The van der Waals surface area contributed by atoms with Crippen LogP contribution in [-0.4, -0.2) is 13.0 Å². The SMILES string of the molecule is CN(C(=O)c1ccccc1)c1ccc(CCl)cc1. The first-order chi connectivity index (χ1) is 8.72. The van der Waals surface area contributed by atoms with Crippen molar-refractivity contribution in [1.82, 2.24) is 0 Å². The number of nitrogens with zero attached hydrogens (tertiary/aromatic N) is 1. The van der Waals surface area contributed by atoms with Gasteiger partial charge in [-0.15, -0.1) is 11.6 Å². The van der Waals surface area contributed by atoms with Crippen LogP contribution in [0.3, 0.4) is 0 Å². The first kappa shape index (κ1) is 12.7. The van der Waals surface area contributed by atoms with Crippen molar-refractivity contribution in [3.05, 3.63) is 65.7 Å². The molecule has 0 aliphatic rings. The molecule has 0 saturated heterocycles. The summed E-state index contributed by atoms with van der Waals surface area (Å²) in [6.07, 6.45) is 0. The molecule has 2 aromatic rings. The Labute approximate surface area is 112 Å². The predicted molar refractivity (Wildman–Crippen MR) is 75.2 cm³/mol. The van der Waals surface area contributed by atoms with Crippen molar-refractivity contribution in [2.75, 3.05) is 11.9 Å². The van der Waals surface area contributed by atoms with E-state index < -0.39 is 0 Å². The van der Waals surface area contributed by atoms with Gasteiger partial charge in [-0.25, -0.2) is 0 Å². The van der Waals surface area contributed by atoms with E-state index in [1.54, 1.807) is 11.9 Å². The van der Waals surface area contributed by atoms with E-state index in [9.17, 15) is 4.79 Å². The molecule has 0 unspecified atom stereocenters. The largest absolute Gasteiger partial charge is 0.311 e. The first-order valence-electron chi connectivity index (χ1n) is 5.70. The van der Waals surface area contributed by atoms with Gasteiger partial charge in [-0.1, -0.05) is 30.3 Å². The number of alkyl halides is 1. The molecule has 0 heterocycles. The summed E-state index contributed by atoms with van der Waals surface area (Å²) in [6.45, 7) is 0. The van der Waals surface area contributed by atoms with E-state index in [1.807, 2.05) is 54.6 Å². The van der Waals surface area contributed by atoms with E-state index in [0.717, 1.165) is 11.3 Å². The highest BCUT2D eigenvalue weighted by Crippen LogP contribution is 2.17. The number of hydrogen-bond donors (Lipinski definition) is 0. The molecule has 18 heavy (non-hydrogen) atoms. The monoisotopic (exact) mass is 259 g/mol. The third kappa shape index (κ3) is 2.71. The van der Waals surface area contributed by atoms with E-state index in [-0.39, 0.29) is 5.91 Å². The maximum Gasteiger partial charge on any atom is 0.258 e. The van der Waals surface area contributed by atoms with Crippen molar-refractivity contribution in [3.8, 4) is 0 Å². The lowest BCUT2D eigenvalue weighted by Gasteiger charge is -2.17. The number of halogens is 1. The minimum atomic E-state index is -0.0192. The smallest absolute Gasteiger partial charge is 0.258 e. The Bertz CT molecular complexity index is 522. The summed E-state index contributed by atoms with van der Waals surface area (Å²) in [5.74, 6) is 0.464. The van der Waals surface area contributed by atoms with Crippen molar-refractivity contribution < 1.29 is 4.79 Å². The normalized spacial score (nSPS) is 10.1.